The monoisotopic (exact) mass is 253 g/mol. The summed E-state index contributed by atoms with van der Waals surface area (Å²) in [4.78, 5) is 13.8. The Morgan fingerprint density at radius 1 is 1.50 bits per heavy atom. The van der Waals surface area contributed by atoms with Crippen LogP contribution in [-0.2, 0) is 0 Å². The summed E-state index contributed by atoms with van der Waals surface area (Å²) in [7, 11) is 0. The zero-order valence-corrected chi connectivity index (χ0v) is 9.97. The molecular weight excluding hydrogens is 237 g/mol. The summed E-state index contributed by atoms with van der Waals surface area (Å²) >= 11 is 0. The Kier molecular flexibility index (Phi) is 3.93. The largest absolute Gasteiger partial charge is 0.507 e. The minimum absolute atomic E-state index is 0.00457. The summed E-state index contributed by atoms with van der Waals surface area (Å²) in [6.07, 6.45) is 1.17. The molecule has 18 heavy (non-hydrogen) atoms. The molecule has 1 aromatic rings. The van der Waals surface area contributed by atoms with Crippen LogP contribution in [0.25, 0.3) is 0 Å². The van der Waals surface area contributed by atoms with E-state index >= 15 is 0 Å². The number of phenolic OH excluding ortho intramolecular Hbond substituents is 1. The number of hydrogen-bond donors (Lipinski definition) is 2. The molecule has 1 heterocycles. The first-order valence-electron chi connectivity index (χ1n) is 5.98. The Labute approximate surface area is 105 Å². The molecule has 4 nitrogen and oxygen atoms in total. The lowest BCUT2D eigenvalue weighted by Gasteiger charge is -2.29. The average Bonchev–Trinajstić information content (AvgIpc) is 2.32. The van der Waals surface area contributed by atoms with E-state index in [4.69, 9.17) is 0 Å². The van der Waals surface area contributed by atoms with Crippen molar-refractivity contribution in [2.24, 2.45) is 0 Å². The van der Waals surface area contributed by atoms with Crippen molar-refractivity contribution in [2.45, 2.75) is 18.9 Å². The second-order valence-corrected chi connectivity index (χ2v) is 4.62. The number of hydrogen-bond acceptors (Lipinski definition) is 4. The quantitative estimate of drug-likeness (QED) is 0.794. The first kappa shape index (κ1) is 13.0. The molecule has 2 N–H and O–H groups in total. The second-order valence-electron chi connectivity index (χ2n) is 4.62. The molecule has 1 aliphatic rings. The molecule has 0 saturated carbocycles. The molecule has 5 heteroatoms. The Balaban J connectivity index is 2.05. The van der Waals surface area contributed by atoms with Crippen molar-refractivity contribution in [1.29, 1.82) is 0 Å². The second kappa shape index (κ2) is 5.46. The lowest BCUT2D eigenvalue weighted by molar-refractivity contribution is 0.0633. The van der Waals surface area contributed by atoms with Gasteiger partial charge in [-0.15, -0.1) is 0 Å². The summed E-state index contributed by atoms with van der Waals surface area (Å²) in [5.41, 5.74) is -0.00457. The number of carbonyl (C=O) groups excluding carboxylic acids is 1. The van der Waals surface area contributed by atoms with Crippen molar-refractivity contribution in [3.8, 4) is 5.75 Å². The van der Waals surface area contributed by atoms with E-state index in [9.17, 15) is 19.4 Å². The van der Waals surface area contributed by atoms with Crippen LogP contribution in [0.15, 0.2) is 18.2 Å². The number of phenols is 1. The highest BCUT2D eigenvalue weighted by molar-refractivity contribution is 6.00. The third-order valence-corrected chi connectivity index (χ3v) is 3.11. The molecule has 0 bridgehead atoms. The van der Waals surface area contributed by atoms with Gasteiger partial charge in [0.15, 0.2) is 5.78 Å². The topological polar surface area (TPSA) is 60.8 Å². The molecule has 1 fully saturated rings. The maximum atomic E-state index is 13.0. The predicted molar refractivity (Wildman–Crippen MR) is 64.1 cm³/mol. The van der Waals surface area contributed by atoms with E-state index in [0.717, 1.165) is 31.5 Å². The maximum absolute atomic E-state index is 13.0. The Hall–Kier alpha value is -1.46. The third-order valence-electron chi connectivity index (χ3n) is 3.11. The molecule has 0 aliphatic carbocycles. The zero-order chi connectivity index (χ0) is 13.1. The number of piperidine rings is 1. The van der Waals surface area contributed by atoms with E-state index in [1.54, 1.807) is 0 Å². The summed E-state index contributed by atoms with van der Waals surface area (Å²) in [6, 6.07) is 3.32. The number of likely N-dealkylation sites (tertiary alicyclic amines) is 1. The van der Waals surface area contributed by atoms with Gasteiger partial charge in [-0.25, -0.2) is 4.39 Å². The molecular formula is C13H16FNO3. The molecule has 1 unspecified atom stereocenters. The Morgan fingerprint density at radius 2 is 2.28 bits per heavy atom. The third kappa shape index (κ3) is 3.05. The van der Waals surface area contributed by atoms with Gasteiger partial charge in [-0.3, -0.25) is 9.69 Å². The first-order chi connectivity index (χ1) is 8.56. The lowest BCUT2D eigenvalue weighted by atomic mass is 10.1. The number of aliphatic hydroxyl groups is 1. The van der Waals surface area contributed by atoms with E-state index in [1.165, 1.54) is 6.07 Å². The number of nitrogens with zero attached hydrogens (tertiary/aromatic N) is 1. The minimum atomic E-state index is -0.546. The van der Waals surface area contributed by atoms with Crippen LogP contribution in [0.5, 0.6) is 5.75 Å². The fraction of sp³-hybridized carbons (Fsp3) is 0.462. The zero-order valence-electron chi connectivity index (χ0n) is 9.97. The summed E-state index contributed by atoms with van der Waals surface area (Å²) in [5.74, 6) is -1.09. The van der Waals surface area contributed by atoms with Crippen LogP contribution < -0.4 is 0 Å². The van der Waals surface area contributed by atoms with Gasteiger partial charge in [-0.1, -0.05) is 0 Å². The van der Waals surface area contributed by atoms with Crippen molar-refractivity contribution in [2.75, 3.05) is 19.6 Å². The smallest absolute Gasteiger partial charge is 0.180 e. The van der Waals surface area contributed by atoms with Gasteiger partial charge >= 0.3 is 0 Å². The number of benzene rings is 1. The first-order valence-corrected chi connectivity index (χ1v) is 5.98. The number of ketones is 1. The van der Waals surface area contributed by atoms with Gasteiger partial charge in [0.05, 0.1) is 18.2 Å². The number of aromatic hydroxyl groups is 1. The molecule has 1 saturated heterocycles. The van der Waals surface area contributed by atoms with Crippen molar-refractivity contribution in [1.82, 2.24) is 4.90 Å². The van der Waals surface area contributed by atoms with Crippen LogP contribution in [0.2, 0.25) is 0 Å². The highest BCUT2D eigenvalue weighted by Crippen LogP contribution is 2.19. The van der Waals surface area contributed by atoms with Gasteiger partial charge in [-0.05, 0) is 37.6 Å². The van der Waals surface area contributed by atoms with Gasteiger partial charge in [0.25, 0.3) is 0 Å². The lowest BCUT2D eigenvalue weighted by Crippen LogP contribution is -2.41. The van der Waals surface area contributed by atoms with Crippen LogP contribution in [-0.4, -0.2) is 46.6 Å². The summed E-state index contributed by atoms with van der Waals surface area (Å²) < 4.78 is 13.0. The predicted octanol–water partition coefficient (Wildman–Crippen LogP) is 1.17. The normalized spacial score (nSPS) is 20.9. The molecule has 0 aromatic heterocycles. The number of rotatable bonds is 3. The highest BCUT2D eigenvalue weighted by atomic mass is 19.1. The number of β-amino-alcohol motifs (C(OH)–C–C–N with tert-alkyl or cyclic N) is 1. The molecule has 1 atom stereocenters. The van der Waals surface area contributed by atoms with Gasteiger partial charge in [-0.2, -0.15) is 0 Å². The standard InChI is InChI=1S/C13H16FNO3/c14-9-3-4-12(17)11(6-9)13(18)8-15-5-1-2-10(16)7-15/h3-4,6,10,16-17H,1-2,5,7-8H2. The SMILES string of the molecule is O=C(CN1CCCC(O)C1)c1cc(F)ccc1O. The average molecular weight is 253 g/mol. The summed E-state index contributed by atoms with van der Waals surface area (Å²) in [6.45, 7) is 1.27. The maximum Gasteiger partial charge on any atom is 0.180 e. The van der Waals surface area contributed by atoms with Gasteiger partial charge in [0.2, 0.25) is 0 Å². The summed E-state index contributed by atoms with van der Waals surface area (Å²) in [5, 5.41) is 19.0. The minimum Gasteiger partial charge on any atom is -0.507 e. The van der Waals surface area contributed by atoms with E-state index in [-0.39, 0.29) is 23.6 Å². The Bertz CT molecular complexity index is 450. The Morgan fingerprint density at radius 3 is 3.00 bits per heavy atom. The number of Topliss-reactive ketones (excluding diaryl/α,β-unsaturated/α-hetero) is 1. The van der Waals surface area contributed by atoms with Crippen LogP contribution in [0.1, 0.15) is 23.2 Å². The molecule has 0 spiro atoms. The molecule has 2 rings (SSSR count). The van der Waals surface area contributed by atoms with Crippen molar-refractivity contribution >= 4 is 5.78 Å². The van der Waals surface area contributed by atoms with Crippen LogP contribution in [0.4, 0.5) is 4.39 Å². The van der Waals surface area contributed by atoms with E-state index in [0.29, 0.717) is 6.54 Å². The molecule has 1 aromatic carbocycles. The van der Waals surface area contributed by atoms with E-state index in [1.807, 2.05) is 4.90 Å². The molecule has 98 valence electrons. The van der Waals surface area contributed by atoms with E-state index in [2.05, 4.69) is 0 Å². The van der Waals surface area contributed by atoms with Crippen molar-refractivity contribution in [3.05, 3.63) is 29.6 Å². The van der Waals surface area contributed by atoms with E-state index < -0.39 is 11.9 Å². The molecule has 1 aliphatic heterocycles. The van der Waals surface area contributed by atoms with Crippen molar-refractivity contribution < 1.29 is 19.4 Å². The number of halogens is 1. The van der Waals surface area contributed by atoms with Gasteiger partial charge in [0.1, 0.15) is 11.6 Å². The number of aliphatic hydroxyl groups excluding tert-OH is 1. The van der Waals surface area contributed by atoms with Crippen molar-refractivity contribution in [3.63, 3.8) is 0 Å². The fourth-order valence-corrected chi connectivity index (χ4v) is 2.19. The number of carbonyl (C=O) groups is 1. The van der Waals surface area contributed by atoms with Gasteiger partial charge in [0, 0.05) is 6.54 Å². The van der Waals surface area contributed by atoms with Gasteiger partial charge < -0.3 is 10.2 Å². The van der Waals surface area contributed by atoms with Crippen LogP contribution >= 0.6 is 0 Å². The molecule has 0 radical (unpaired) electrons. The molecule has 0 amide bonds. The van der Waals surface area contributed by atoms with Crippen LogP contribution in [0, 0.1) is 5.82 Å². The van der Waals surface area contributed by atoms with Crippen LogP contribution in [0.3, 0.4) is 0 Å². The highest BCUT2D eigenvalue weighted by Gasteiger charge is 2.21. The fourth-order valence-electron chi connectivity index (χ4n) is 2.19.